The van der Waals surface area contributed by atoms with E-state index in [2.05, 4.69) is 15.2 Å². The third kappa shape index (κ3) is 4.88. The summed E-state index contributed by atoms with van der Waals surface area (Å²) in [5, 5.41) is 3.32. The van der Waals surface area contributed by atoms with Gasteiger partial charge in [0.1, 0.15) is 11.0 Å². The fourth-order valence-corrected chi connectivity index (χ4v) is 6.27. The maximum Gasteiger partial charge on any atom is 0.256 e. The molecule has 0 unspecified atom stereocenters. The molecular weight excluding hydrogens is 503 g/mol. The van der Waals surface area contributed by atoms with Gasteiger partial charge in [0.25, 0.3) is 5.91 Å². The lowest BCUT2D eigenvalue weighted by Gasteiger charge is -2.36. The Morgan fingerprint density at radius 2 is 1.82 bits per heavy atom. The Morgan fingerprint density at radius 1 is 1.05 bits per heavy atom. The molecule has 3 aliphatic rings. The smallest absolute Gasteiger partial charge is 0.256 e. The second kappa shape index (κ2) is 10.4. The van der Waals surface area contributed by atoms with Gasteiger partial charge in [0.2, 0.25) is 5.91 Å². The molecule has 0 spiro atoms. The third-order valence-corrected chi connectivity index (χ3v) is 8.17. The molecule has 2 amide bonds. The van der Waals surface area contributed by atoms with E-state index in [-0.39, 0.29) is 24.1 Å². The molecule has 6 nitrogen and oxygen atoms in total. The first-order valence-electron chi connectivity index (χ1n) is 13.3. The van der Waals surface area contributed by atoms with Crippen LogP contribution in [-0.4, -0.2) is 58.8 Å². The van der Waals surface area contributed by atoms with Gasteiger partial charge in [0.15, 0.2) is 0 Å². The van der Waals surface area contributed by atoms with E-state index < -0.39 is 0 Å². The van der Waals surface area contributed by atoms with Crippen LogP contribution in [0.5, 0.6) is 0 Å². The number of carbonyl (C=O) groups excluding carboxylic acids is 2. The minimum Gasteiger partial charge on any atom is -0.346 e. The average Bonchev–Trinajstić information content (AvgIpc) is 3.64. The number of hydrogen-bond acceptors (Lipinski definition) is 3. The van der Waals surface area contributed by atoms with Crippen LogP contribution in [0.3, 0.4) is 0 Å². The monoisotopic (exact) mass is 532 g/mol. The molecule has 0 atom stereocenters. The molecule has 4 heterocycles. The minimum absolute atomic E-state index is 0.0666. The molecule has 38 heavy (non-hydrogen) atoms. The highest BCUT2D eigenvalue weighted by atomic mass is 35.5. The molecule has 0 saturated carbocycles. The number of carbonyl (C=O) groups is 2. The van der Waals surface area contributed by atoms with E-state index in [0.29, 0.717) is 39.3 Å². The predicted octanol–water partition coefficient (Wildman–Crippen LogP) is 5.60. The van der Waals surface area contributed by atoms with Gasteiger partial charge in [-0.15, -0.1) is 0 Å². The van der Waals surface area contributed by atoms with Crippen LogP contribution in [0.2, 0.25) is 5.15 Å². The summed E-state index contributed by atoms with van der Waals surface area (Å²) in [6, 6.07) is 14.2. The zero-order chi connectivity index (χ0) is 26.2. The quantitative estimate of drug-likeness (QED) is 0.420. The molecule has 2 N–H and O–H groups in total. The van der Waals surface area contributed by atoms with Gasteiger partial charge in [-0.05, 0) is 85.8 Å². The summed E-state index contributed by atoms with van der Waals surface area (Å²) in [4.78, 5) is 33.9. The summed E-state index contributed by atoms with van der Waals surface area (Å²) in [6.45, 7) is 3.88. The zero-order valence-electron chi connectivity index (χ0n) is 21.1. The lowest BCUT2D eigenvalue weighted by atomic mass is 9.94. The first-order valence-corrected chi connectivity index (χ1v) is 13.7. The van der Waals surface area contributed by atoms with Crippen LogP contribution >= 0.6 is 11.6 Å². The molecule has 2 saturated heterocycles. The van der Waals surface area contributed by atoms with Crippen LogP contribution in [0, 0.1) is 5.82 Å². The van der Waals surface area contributed by atoms with Crippen LogP contribution in [0.25, 0.3) is 22.8 Å². The van der Waals surface area contributed by atoms with E-state index >= 15 is 0 Å². The van der Waals surface area contributed by atoms with E-state index in [9.17, 15) is 14.0 Å². The number of amides is 2. The number of rotatable bonds is 5. The maximum atomic E-state index is 14.0. The Morgan fingerprint density at radius 3 is 2.58 bits per heavy atom. The second-order valence-corrected chi connectivity index (χ2v) is 10.7. The lowest BCUT2D eigenvalue weighted by molar-refractivity contribution is -0.132. The fraction of sp³-hybridized carbons (Fsp3) is 0.333. The van der Waals surface area contributed by atoms with Crippen molar-refractivity contribution in [3.8, 4) is 11.1 Å². The molecule has 0 aliphatic carbocycles. The van der Waals surface area contributed by atoms with Gasteiger partial charge >= 0.3 is 0 Å². The van der Waals surface area contributed by atoms with Crippen molar-refractivity contribution in [2.75, 3.05) is 31.5 Å². The number of benzene rings is 2. The van der Waals surface area contributed by atoms with Crippen molar-refractivity contribution in [2.24, 2.45) is 0 Å². The number of likely N-dealkylation sites (tertiary alicyclic amines) is 2. The molecule has 2 aromatic carbocycles. The standard InChI is InChI=1S/C30H30ClFN4O2/c31-27-16-20(17-28(37)36-13-9-22(10-14-36)35-11-1-2-12-35)26(33-27)18-24-29-23(19-5-3-6-21(32)15-19)7-4-8-25(29)34-30(24)38/h3-8,15-16,18,22,33H,1-2,9-14,17H2,(H,34,38)/b24-18-. The summed E-state index contributed by atoms with van der Waals surface area (Å²) < 4.78 is 14.0. The van der Waals surface area contributed by atoms with E-state index in [0.717, 1.165) is 37.1 Å². The third-order valence-electron chi connectivity index (χ3n) is 7.97. The average molecular weight is 533 g/mol. The largest absolute Gasteiger partial charge is 0.346 e. The summed E-state index contributed by atoms with van der Waals surface area (Å²) in [6.07, 6.45) is 6.53. The van der Waals surface area contributed by atoms with Crippen LogP contribution in [0.4, 0.5) is 10.1 Å². The molecule has 2 fully saturated rings. The van der Waals surface area contributed by atoms with E-state index in [1.165, 1.54) is 38.1 Å². The van der Waals surface area contributed by atoms with Crippen LogP contribution < -0.4 is 5.32 Å². The van der Waals surface area contributed by atoms with Crippen molar-refractivity contribution in [1.29, 1.82) is 0 Å². The molecule has 8 heteroatoms. The molecular formula is C30H30ClFN4O2. The molecule has 3 aromatic rings. The van der Waals surface area contributed by atoms with Crippen molar-refractivity contribution in [3.63, 3.8) is 0 Å². The van der Waals surface area contributed by atoms with Crippen molar-refractivity contribution < 1.29 is 14.0 Å². The number of nitrogens with zero attached hydrogens (tertiary/aromatic N) is 2. The SMILES string of the molecule is O=C1Nc2cccc(-c3cccc(F)c3)c2/C1=C/c1[nH]c(Cl)cc1CC(=O)N1CCC(N2CCCC2)CC1. The van der Waals surface area contributed by atoms with Crippen molar-refractivity contribution >= 4 is 40.8 Å². The molecule has 6 rings (SSSR count). The Labute approximate surface area is 226 Å². The van der Waals surface area contributed by atoms with Gasteiger partial charge in [-0.1, -0.05) is 35.9 Å². The number of anilines is 1. The predicted molar refractivity (Wildman–Crippen MR) is 148 cm³/mol. The Bertz CT molecular complexity index is 1420. The van der Waals surface area contributed by atoms with E-state index in [4.69, 9.17) is 11.6 Å². The number of halogens is 2. The second-order valence-electron chi connectivity index (χ2n) is 10.3. The first-order chi connectivity index (χ1) is 18.5. The Kier molecular flexibility index (Phi) is 6.80. The maximum absolute atomic E-state index is 14.0. The highest BCUT2D eigenvalue weighted by molar-refractivity contribution is 6.36. The van der Waals surface area contributed by atoms with Crippen molar-refractivity contribution in [1.82, 2.24) is 14.8 Å². The number of piperidine rings is 1. The Hall–Kier alpha value is -3.42. The van der Waals surface area contributed by atoms with Crippen LogP contribution in [0.1, 0.15) is 42.5 Å². The van der Waals surface area contributed by atoms with Gasteiger partial charge < -0.3 is 20.1 Å². The number of nitrogens with one attached hydrogen (secondary N) is 2. The summed E-state index contributed by atoms with van der Waals surface area (Å²) in [5.41, 5.74) is 4.62. The first kappa shape index (κ1) is 24.9. The van der Waals surface area contributed by atoms with Crippen molar-refractivity contribution in [3.05, 3.63) is 76.3 Å². The number of aromatic nitrogens is 1. The zero-order valence-corrected chi connectivity index (χ0v) is 21.9. The summed E-state index contributed by atoms with van der Waals surface area (Å²) in [7, 11) is 0. The van der Waals surface area contributed by atoms with Crippen molar-refractivity contribution in [2.45, 2.75) is 38.1 Å². The van der Waals surface area contributed by atoms with Gasteiger partial charge in [-0.25, -0.2) is 4.39 Å². The molecule has 1 aromatic heterocycles. The van der Waals surface area contributed by atoms with Crippen LogP contribution in [0.15, 0.2) is 48.5 Å². The topological polar surface area (TPSA) is 68.4 Å². The summed E-state index contributed by atoms with van der Waals surface area (Å²) in [5.74, 6) is -0.530. The van der Waals surface area contributed by atoms with Gasteiger partial charge in [-0.3, -0.25) is 9.59 Å². The highest BCUT2D eigenvalue weighted by Gasteiger charge is 2.30. The normalized spacial score (nSPS) is 19.3. The van der Waals surface area contributed by atoms with E-state index in [1.54, 1.807) is 18.2 Å². The van der Waals surface area contributed by atoms with Gasteiger partial charge in [0.05, 0.1) is 12.0 Å². The summed E-state index contributed by atoms with van der Waals surface area (Å²) >= 11 is 6.34. The number of hydrogen-bond donors (Lipinski definition) is 2. The molecule has 0 bridgehead atoms. The molecule has 0 radical (unpaired) electrons. The number of fused-ring (bicyclic) bond motifs is 1. The minimum atomic E-state index is -0.343. The highest BCUT2D eigenvalue weighted by Crippen LogP contribution is 2.41. The number of aromatic amines is 1. The number of H-pyrrole nitrogens is 1. The van der Waals surface area contributed by atoms with Gasteiger partial charge in [0, 0.05) is 36.1 Å². The molecule has 196 valence electrons. The van der Waals surface area contributed by atoms with Gasteiger partial charge in [-0.2, -0.15) is 0 Å². The van der Waals surface area contributed by atoms with E-state index in [1.807, 2.05) is 29.2 Å². The Balaban J connectivity index is 1.25. The fourth-order valence-electron chi connectivity index (χ4n) is 6.04. The lowest BCUT2D eigenvalue weighted by Crippen LogP contribution is -2.46. The van der Waals surface area contributed by atoms with Crippen LogP contribution in [-0.2, 0) is 16.0 Å². The molecule has 3 aliphatic heterocycles.